The number of hydrogen-bond donors (Lipinski definition) is 0. The summed E-state index contributed by atoms with van der Waals surface area (Å²) < 4.78 is 16.6. The molecule has 0 aromatic rings. The van der Waals surface area contributed by atoms with Crippen LogP contribution < -0.4 is 0 Å². The first-order chi connectivity index (χ1) is 34.0. The zero-order valence-electron chi connectivity index (χ0n) is 43.5. The number of esters is 3. The Morgan fingerprint density at radius 1 is 0.304 bits per heavy atom. The van der Waals surface area contributed by atoms with Gasteiger partial charge < -0.3 is 14.2 Å². The highest BCUT2D eigenvalue weighted by molar-refractivity contribution is 5.71. The Hall–Kier alpha value is -5.23. The molecule has 69 heavy (non-hydrogen) atoms. The summed E-state index contributed by atoms with van der Waals surface area (Å²) in [6.45, 7) is 6.20. The third-order valence-electron chi connectivity index (χ3n) is 10.2. The molecule has 382 valence electrons. The van der Waals surface area contributed by atoms with E-state index in [0.717, 1.165) is 103 Å². The second-order valence-corrected chi connectivity index (χ2v) is 16.7. The molecular weight excluding hydrogens is 853 g/mol. The molecule has 0 aromatic heterocycles. The molecule has 0 saturated carbocycles. The first kappa shape index (κ1) is 63.8. The van der Waals surface area contributed by atoms with Crippen molar-refractivity contribution in [1.29, 1.82) is 0 Å². The molecule has 0 unspecified atom stereocenters. The maximum Gasteiger partial charge on any atom is 0.306 e. The SMILES string of the molecule is CC/C=C\C/C=C\C/C=C\C/C=C\C/C=C\C/C=C\CCC(=O)O[C@@H](COC(=O)CCC/C=C\C/C=C\C/C=C\C/C=C\CCCCC)COC(=O)CCCC/C=C\C/C=C\C/C=C\C/C=C\CC. The van der Waals surface area contributed by atoms with Crippen LogP contribution in [0.15, 0.2) is 170 Å². The van der Waals surface area contributed by atoms with Gasteiger partial charge in [-0.3, -0.25) is 14.4 Å². The average Bonchev–Trinajstić information content (AvgIpc) is 3.35. The van der Waals surface area contributed by atoms with Gasteiger partial charge in [0.25, 0.3) is 0 Å². The van der Waals surface area contributed by atoms with Gasteiger partial charge in [-0.25, -0.2) is 0 Å². The highest BCUT2D eigenvalue weighted by Gasteiger charge is 2.19. The Kier molecular flexibility index (Phi) is 51.2. The van der Waals surface area contributed by atoms with E-state index >= 15 is 0 Å². The zero-order chi connectivity index (χ0) is 50.0. The molecule has 0 radical (unpaired) electrons. The molecule has 0 aliphatic rings. The minimum atomic E-state index is -0.867. The van der Waals surface area contributed by atoms with Gasteiger partial charge in [0, 0.05) is 19.3 Å². The fraction of sp³-hybridized carbons (Fsp3) is 0.508. The molecule has 0 aliphatic heterocycles. The predicted octanol–water partition coefficient (Wildman–Crippen LogP) is 18.0. The van der Waals surface area contributed by atoms with Crippen LogP contribution in [0.2, 0.25) is 0 Å². The molecule has 0 spiro atoms. The van der Waals surface area contributed by atoms with Crippen LogP contribution in [0.5, 0.6) is 0 Å². The highest BCUT2D eigenvalue weighted by atomic mass is 16.6. The molecule has 0 aliphatic carbocycles. The lowest BCUT2D eigenvalue weighted by Crippen LogP contribution is -2.30. The van der Waals surface area contributed by atoms with E-state index in [9.17, 15) is 14.4 Å². The lowest BCUT2D eigenvalue weighted by atomic mass is 10.2. The van der Waals surface area contributed by atoms with Gasteiger partial charge in [0.15, 0.2) is 6.10 Å². The van der Waals surface area contributed by atoms with Crippen LogP contribution in [-0.2, 0) is 28.6 Å². The lowest BCUT2D eigenvalue weighted by Gasteiger charge is -2.18. The molecule has 6 nitrogen and oxygen atoms in total. The maximum absolute atomic E-state index is 12.8. The number of hydrogen-bond acceptors (Lipinski definition) is 6. The van der Waals surface area contributed by atoms with Gasteiger partial charge in [-0.05, 0) is 135 Å². The highest BCUT2D eigenvalue weighted by Crippen LogP contribution is 2.09. The summed E-state index contributed by atoms with van der Waals surface area (Å²) in [5, 5.41) is 0. The van der Waals surface area contributed by atoms with E-state index in [1.807, 2.05) is 12.2 Å². The quantitative estimate of drug-likeness (QED) is 0.0262. The Labute approximate surface area is 422 Å². The van der Waals surface area contributed by atoms with Crippen molar-refractivity contribution >= 4 is 17.9 Å². The first-order valence-corrected chi connectivity index (χ1v) is 26.6. The zero-order valence-corrected chi connectivity index (χ0v) is 43.5. The average molecular weight is 947 g/mol. The van der Waals surface area contributed by atoms with Gasteiger partial charge in [-0.15, -0.1) is 0 Å². The second kappa shape index (κ2) is 55.4. The van der Waals surface area contributed by atoms with E-state index in [0.29, 0.717) is 19.3 Å². The molecule has 0 heterocycles. The molecule has 0 N–H and O–H groups in total. The Bertz CT molecular complexity index is 1650. The molecule has 0 bridgehead atoms. The smallest absolute Gasteiger partial charge is 0.306 e. The van der Waals surface area contributed by atoms with E-state index in [1.165, 1.54) is 25.7 Å². The van der Waals surface area contributed by atoms with E-state index in [-0.39, 0.29) is 44.4 Å². The van der Waals surface area contributed by atoms with Crippen molar-refractivity contribution < 1.29 is 28.6 Å². The lowest BCUT2D eigenvalue weighted by molar-refractivity contribution is -0.166. The summed E-state index contributed by atoms with van der Waals surface area (Å²) in [6, 6.07) is 0. The van der Waals surface area contributed by atoms with Crippen molar-refractivity contribution in [2.45, 2.75) is 194 Å². The number of carbonyl (C=O) groups is 3. The van der Waals surface area contributed by atoms with Gasteiger partial charge in [0.05, 0.1) is 0 Å². The Balaban J connectivity index is 4.70. The van der Waals surface area contributed by atoms with Crippen molar-refractivity contribution in [3.8, 4) is 0 Å². The van der Waals surface area contributed by atoms with Crippen LogP contribution in [0.3, 0.4) is 0 Å². The summed E-state index contributed by atoms with van der Waals surface area (Å²) in [5.41, 5.74) is 0. The number of rotatable bonds is 45. The topological polar surface area (TPSA) is 78.9 Å². The first-order valence-electron chi connectivity index (χ1n) is 26.6. The fourth-order valence-electron chi connectivity index (χ4n) is 6.27. The molecule has 1 atom stereocenters. The van der Waals surface area contributed by atoms with Crippen LogP contribution in [0, 0.1) is 0 Å². The number of carbonyl (C=O) groups excluding carboxylic acids is 3. The van der Waals surface area contributed by atoms with Crippen molar-refractivity contribution in [2.24, 2.45) is 0 Å². The molecule has 0 saturated heterocycles. The molecule has 0 fully saturated rings. The van der Waals surface area contributed by atoms with Crippen molar-refractivity contribution in [3.05, 3.63) is 170 Å². The van der Waals surface area contributed by atoms with Crippen LogP contribution >= 0.6 is 0 Å². The summed E-state index contributed by atoms with van der Waals surface area (Å²) in [5.74, 6) is -1.15. The number of ether oxygens (including phenoxy) is 3. The number of unbranched alkanes of at least 4 members (excludes halogenated alkanes) is 6. The molecule has 6 heteroatoms. The Morgan fingerprint density at radius 3 is 0.942 bits per heavy atom. The van der Waals surface area contributed by atoms with Crippen LogP contribution in [0.1, 0.15) is 188 Å². The van der Waals surface area contributed by atoms with E-state index in [4.69, 9.17) is 14.2 Å². The summed E-state index contributed by atoms with van der Waals surface area (Å²) in [4.78, 5) is 38.0. The van der Waals surface area contributed by atoms with Crippen molar-refractivity contribution in [3.63, 3.8) is 0 Å². The minimum absolute atomic E-state index is 0.156. The summed E-state index contributed by atoms with van der Waals surface area (Å²) >= 11 is 0. The summed E-state index contributed by atoms with van der Waals surface area (Å²) in [6.07, 6.45) is 82.1. The number of allylic oxidation sites excluding steroid dienone is 28. The van der Waals surface area contributed by atoms with Gasteiger partial charge in [-0.2, -0.15) is 0 Å². The molecule has 0 rings (SSSR count). The predicted molar refractivity (Wildman–Crippen MR) is 297 cm³/mol. The largest absolute Gasteiger partial charge is 0.462 e. The third-order valence-corrected chi connectivity index (χ3v) is 10.2. The van der Waals surface area contributed by atoms with Crippen molar-refractivity contribution in [2.75, 3.05) is 13.2 Å². The van der Waals surface area contributed by atoms with E-state index in [1.54, 1.807) is 0 Å². The van der Waals surface area contributed by atoms with E-state index < -0.39 is 12.1 Å². The normalized spacial score (nSPS) is 13.5. The van der Waals surface area contributed by atoms with Gasteiger partial charge in [0.1, 0.15) is 13.2 Å². The maximum atomic E-state index is 12.8. The van der Waals surface area contributed by atoms with Gasteiger partial charge in [-0.1, -0.05) is 204 Å². The monoisotopic (exact) mass is 947 g/mol. The third kappa shape index (κ3) is 53.6. The van der Waals surface area contributed by atoms with Gasteiger partial charge >= 0.3 is 17.9 Å². The molecule has 0 amide bonds. The van der Waals surface area contributed by atoms with Crippen LogP contribution in [0.4, 0.5) is 0 Å². The second-order valence-electron chi connectivity index (χ2n) is 16.7. The Morgan fingerprint density at radius 2 is 0.594 bits per heavy atom. The van der Waals surface area contributed by atoms with Crippen LogP contribution in [0.25, 0.3) is 0 Å². The van der Waals surface area contributed by atoms with E-state index in [2.05, 4.69) is 179 Å². The van der Waals surface area contributed by atoms with Gasteiger partial charge in [0.2, 0.25) is 0 Å². The minimum Gasteiger partial charge on any atom is -0.462 e. The molecular formula is C63H94O6. The fourth-order valence-corrected chi connectivity index (χ4v) is 6.27. The van der Waals surface area contributed by atoms with Crippen LogP contribution in [-0.4, -0.2) is 37.2 Å². The van der Waals surface area contributed by atoms with Crippen molar-refractivity contribution in [1.82, 2.24) is 0 Å². The standard InChI is InChI=1S/C63H94O6/c1-4-7-10-13-16-19-22-25-28-30-31-33-36-39-42-45-48-51-54-57-63(66)69-60(58-67-61(64)55-52-49-46-43-40-37-34-27-24-21-18-15-12-9-6-3)59-68-62(65)56-53-50-47-44-41-38-35-32-29-26-23-20-17-14-11-8-5-2/h7,9-10,12,16-21,25-29,31,33-35,38-40,42-44,47-48,51,60H,4-6,8,11,13-15,22-24,30,32,36-37,41,45-46,49-50,52-59H2,1-3H3/b10-7-,12-9-,19-16-,20-17-,21-18-,28-25-,29-26-,33-31-,34-27-,38-35-,42-39-,43-40-,47-44-,51-48-/t60-/m1/s1. The summed E-state index contributed by atoms with van der Waals surface area (Å²) in [7, 11) is 0. The molecule has 0 aromatic carbocycles.